The zero-order chi connectivity index (χ0) is 55.4. The fraction of sp³-hybridized carbons (Fsp3) is 0.471. The van der Waals surface area contributed by atoms with Crippen LogP contribution in [0.4, 0.5) is 4.79 Å². The van der Waals surface area contributed by atoms with Crippen molar-refractivity contribution in [3.8, 4) is 17.9 Å². The summed E-state index contributed by atoms with van der Waals surface area (Å²) < 4.78 is 22.1. The van der Waals surface area contributed by atoms with E-state index in [0.717, 1.165) is 10.8 Å². The molecule has 1 aliphatic rings. The standard InChI is InChI=1S/C51H63N9O16/c1-32(61)54-15-17-74-19-21-75-20-18-73-16-13-44(62)56-38-27-43(60(30-38)45(63)31-76-39-24-34(28-52)22-35(25-39)29-53)48(67)57-42(26-33-9-10-36-6-2-3-7-37(36)23-33)47(66)55-14-5-4-8-40(49(68)69)58-51(72)59-41(50(70)71)11-12-46(64)65/h2-3,6-7,9-10,22-25,38,40-43H,4-5,8,11-21,26-27,30-31H2,1H3,(H,54,61)(H,55,66)(H,56,62)(H,57,67)(H,64,65)(H,68,69)(H,70,71)(H2,58,59,72)/t38-,40+,41+,42+,43+/m1/s1. The maximum absolute atomic E-state index is 14.4. The molecule has 1 aliphatic heterocycles. The number of nitrogens with one attached hydrogen (secondary N) is 6. The second-order valence-corrected chi connectivity index (χ2v) is 17.5. The van der Waals surface area contributed by atoms with E-state index in [1.807, 2.05) is 48.5 Å². The van der Waals surface area contributed by atoms with Gasteiger partial charge >= 0.3 is 23.9 Å². The number of nitriles is 2. The number of fused-ring (bicyclic) bond motifs is 1. The average molecular weight is 1060 g/mol. The van der Waals surface area contributed by atoms with E-state index in [4.69, 9.17) is 24.1 Å². The topological polar surface area (TPSA) is 374 Å². The number of nitrogens with zero attached hydrogens (tertiary/aromatic N) is 3. The molecule has 1 fully saturated rings. The summed E-state index contributed by atoms with van der Waals surface area (Å²) in [6.07, 6.45) is -0.919. The highest BCUT2D eigenvalue weighted by atomic mass is 16.5. The van der Waals surface area contributed by atoms with Crippen molar-refractivity contribution in [3.05, 3.63) is 77.4 Å². The highest BCUT2D eigenvalue weighted by molar-refractivity contribution is 5.93. The molecule has 0 bridgehead atoms. The molecule has 4 rings (SSSR count). The molecular weight excluding hydrogens is 995 g/mol. The maximum atomic E-state index is 14.4. The van der Waals surface area contributed by atoms with E-state index in [0.29, 0.717) is 31.9 Å². The van der Waals surface area contributed by atoms with Gasteiger partial charge in [-0.3, -0.25) is 28.8 Å². The number of aliphatic carboxylic acids is 3. The molecule has 76 heavy (non-hydrogen) atoms. The van der Waals surface area contributed by atoms with E-state index in [1.165, 1.54) is 30.0 Å². The molecule has 25 nitrogen and oxygen atoms in total. The summed E-state index contributed by atoms with van der Waals surface area (Å²) in [6, 6.07) is 13.5. The van der Waals surface area contributed by atoms with Crippen molar-refractivity contribution >= 4 is 64.2 Å². The van der Waals surface area contributed by atoms with Crippen molar-refractivity contribution in [2.45, 2.75) is 88.5 Å². The summed E-state index contributed by atoms with van der Waals surface area (Å²) in [6.45, 7) is 2.44. The van der Waals surface area contributed by atoms with Gasteiger partial charge in [-0.25, -0.2) is 14.4 Å². The molecule has 3 aromatic carbocycles. The number of unbranched alkanes of at least 4 members (excludes halogenated alkanes) is 1. The predicted molar refractivity (Wildman–Crippen MR) is 267 cm³/mol. The van der Waals surface area contributed by atoms with E-state index < -0.39 is 97.2 Å². The molecule has 1 saturated heterocycles. The Kier molecular flexibility index (Phi) is 25.4. The third-order valence-electron chi connectivity index (χ3n) is 11.6. The molecule has 3 aromatic rings. The van der Waals surface area contributed by atoms with Crippen molar-refractivity contribution in [1.29, 1.82) is 10.5 Å². The largest absolute Gasteiger partial charge is 0.484 e. The Labute approximate surface area is 437 Å². The number of carboxylic acid groups (broad SMARTS) is 3. The van der Waals surface area contributed by atoms with Crippen molar-refractivity contribution in [1.82, 2.24) is 36.8 Å². The van der Waals surface area contributed by atoms with Crippen LogP contribution in [0.3, 0.4) is 0 Å². The Morgan fingerprint density at radius 3 is 1.96 bits per heavy atom. The van der Waals surface area contributed by atoms with Crippen molar-refractivity contribution in [2.24, 2.45) is 0 Å². The van der Waals surface area contributed by atoms with Gasteiger partial charge in [-0.15, -0.1) is 0 Å². The summed E-state index contributed by atoms with van der Waals surface area (Å²) in [5.41, 5.74) is 0.900. The number of carboxylic acids is 3. The number of rotatable bonds is 33. The van der Waals surface area contributed by atoms with Crippen molar-refractivity contribution in [2.75, 3.05) is 65.9 Å². The Morgan fingerprint density at radius 1 is 0.697 bits per heavy atom. The zero-order valence-corrected chi connectivity index (χ0v) is 41.9. The lowest BCUT2D eigenvalue weighted by Crippen LogP contribution is -2.54. The molecule has 0 radical (unpaired) electrons. The van der Waals surface area contributed by atoms with Gasteiger partial charge in [-0.05, 0) is 66.6 Å². The molecule has 408 valence electrons. The van der Waals surface area contributed by atoms with Gasteiger partial charge in [0.2, 0.25) is 23.6 Å². The summed E-state index contributed by atoms with van der Waals surface area (Å²) >= 11 is 0. The average Bonchev–Trinajstić information content (AvgIpc) is 3.82. The Bertz CT molecular complexity index is 2570. The van der Waals surface area contributed by atoms with Gasteiger partial charge in [0.15, 0.2) is 6.61 Å². The number of likely N-dealkylation sites (tertiary alicyclic amines) is 1. The monoisotopic (exact) mass is 1060 g/mol. The molecule has 0 aliphatic carbocycles. The van der Waals surface area contributed by atoms with Gasteiger partial charge < -0.3 is 71.1 Å². The third kappa shape index (κ3) is 21.6. The number of carbonyl (C=O) groups excluding carboxylic acids is 6. The second-order valence-electron chi connectivity index (χ2n) is 17.5. The third-order valence-corrected chi connectivity index (χ3v) is 11.6. The van der Waals surface area contributed by atoms with Crippen LogP contribution >= 0.6 is 0 Å². The lowest BCUT2D eigenvalue weighted by Gasteiger charge is -2.26. The molecule has 0 spiro atoms. The lowest BCUT2D eigenvalue weighted by atomic mass is 10.0. The van der Waals surface area contributed by atoms with E-state index in [9.17, 15) is 63.9 Å². The van der Waals surface area contributed by atoms with E-state index >= 15 is 0 Å². The molecule has 0 aromatic heterocycles. The first-order valence-electron chi connectivity index (χ1n) is 24.4. The van der Waals surface area contributed by atoms with Crippen LogP contribution in [0.15, 0.2) is 60.7 Å². The Morgan fingerprint density at radius 2 is 1.33 bits per heavy atom. The van der Waals surface area contributed by atoms with Crippen molar-refractivity contribution < 1.29 is 77.4 Å². The normalized spacial score (nSPS) is 14.9. The van der Waals surface area contributed by atoms with E-state index in [2.05, 4.69) is 31.9 Å². The van der Waals surface area contributed by atoms with Crippen LogP contribution in [-0.2, 0) is 59.0 Å². The van der Waals surface area contributed by atoms with Crippen LogP contribution in [0.2, 0.25) is 0 Å². The van der Waals surface area contributed by atoms with Crippen LogP contribution in [0.1, 0.15) is 68.6 Å². The van der Waals surface area contributed by atoms with Crippen LogP contribution < -0.4 is 36.6 Å². The number of benzene rings is 3. The molecule has 25 heteroatoms. The Balaban J connectivity index is 1.42. The Hall–Kier alpha value is -8.39. The maximum Gasteiger partial charge on any atom is 0.326 e. The molecule has 9 N–H and O–H groups in total. The number of urea groups is 1. The zero-order valence-electron chi connectivity index (χ0n) is 41.9. The number of ether oxygens (including phenoxy) is 4. The van der Waals surface area contributed by atoms with Gasteiger partial charge in [-0.2, -0.15) is 10.5 Å². The molecular formula is C51H63N9O16. The van der Waals surface area contributed by atoms with Crippen LogP contribution in [-0.4, -0.2) is 170 Å². The van der Waals surface area contributed by atoms with E-state index in [-0.39, 0.29) is 94.2 Å². The lowest BCUT2D eigenvalue weighted by molar-refractivity contribution is -0.141. The van der Waals surface area contributed by atoms with Crippen LogP contribution in [0.25, 0.3) is 10.8 Å². The van der Waals surface area contributed by atoms with Gasteiger partial charge in [0.1, 0.15) is 29.9 Å². The minimum Gasteiger partial charge on any atom is -0.484 e. The van der Waals surface area contributed by atoms with E-state index in [1.54, 1.807) is 6.07 Å². The first-order chi connectivity index (χ1) is 36.5. The summed E-state index contributed by atoms with van der Waals surface area (Å²) in [5.74, 6) is -6.78. The SMILES string of the molecule is CC(=O)NCCOCCOCCOCCC(=O)N[C@@H]1C[C@@H](C(=O)N[C@@H](Cc2ccc3ccccc3c2)C(=O)NCCCC[C@H](NC(=O)N[C@@H](CCC(=O)O)C(=O)O)C(=O)O)N(C(=O)COc2cc(C#N)cc(C#N)c2)C1. The summed E-state index contributed by atoms with van der Waals surface area (Å²) in [5, 5.41) is 63.9. The fourth-order valence-electron chi connectivity index (χ4n) is 7.84. The van der Waals surface area contributed by atoms with Gasteiger partial charge in [0.05, 0.1) is 62.9 Å². The van der Waals surface area contributed by atoms with Crippen LogP contribution in [0.5, 0.6) is 5.75 Å². The quantitative estimate of drug-likeness (QED) is 0.0379. The minimum atomic E-state index is -1.59. The summed E-state index contributed by atoms with van der Waals surface area (Å²) in [7, 11) is 0. The minimum absolute atomic E-state index is 0.00837. The second kappa shape index (κ2) is 32.0. The summed E-state index contributed by atoms with van der Waals surface area (Å²) in [4.78, 5) is 114. The highest BCUT2D eigenvalue weighted by Crippen LogP contribution is 2.22. The number of hydrogen-bond donors (Lipinski definition) is 9. The molecule has 1 heterocycles. The highest BCUT2D eigenvalue weighted by Gasteiger charge is 2.41. The van der Waals surface area contributed by atoms with Crippen LogP contribution in [0, 0.1) is 22.7 Å². The fourth-order valence-corrected chi connectivity index (χ4v) is 7.84. The van der Waals surface area contributed by atoms with Gasteiger partial charge in [0, 0.05) is 51.9 Å². The molecule has 5 atom stereocenters. The number of amides is 7. The first-order valence-corrected chi connectivity index (χ1v) is 24.4. The molecule has 0 unspecified atom stereocenters. The molecule has 0 saturated carbocycles. The smallest absolute Gasteiger partial charge is 0.326 e. The van der Waals surface area contributed by atoms with Gasteiger partial charge in [-0.1, -0.05) is 42.5 Å². The predicted octanol–water partition coefficient (Wildman–Crippen LogP) is 0.708. The number of carbonyl (C=O) groups is 9. The first kappa shape index (κ1) is 60.2. The number of hydrogen-bond acceptors (Lipinski definition) is 15. The van der Waals surface area contributed by atoms with Crippen molar-refractivity contribution in [3.63, 3.8) is 0 Å². The molecule has 7 amide bonds. The van der Waals surface area contributed by atoms with Gasteiger partial charge in [0.25, 0.3) is 5.91 Å².